The lowest BCUT2D eigenvalue weighted by Crippen LogP contribution is -2.24. The first-order valence-corrected chi connectivity index (χ1v) is 11.8. The molecule has 0 spiro atoms. The third-order valence-corrected chi connectivity index (χ3v) is 7.07. The van der Waals surface area contributed by atoms with Gasteiger partial charge in [-0.25, -0.2) is 4.98 Å². The molecule has 1 N–H and O–H groups in total. The zero-order valence-corrected chi connectivity index (χ0v) is 19.9. The Morgan fingerprint density at radius 2 is 2.12 bits per heavy atom. The number of nitrogens with one attached hydrogen (secondary N) is 1. The molecule has 0 unspecified atom stereocenters. The van der Waals surface area contributed by atoms with Crippen LogP contribution in [0.3, 0.4) is 0 Å². The van der Waals surface area contributed by atoms with Gasteiger partial charge < -0.3 is 10.1 Å². The highest BCUT2D eigenvalue weighted by molar-refractivity contribution is 7.99. The van der Waals surface area contributed by atoms with Gasteiger partial charge in [0, 0.05) is 17.5 Å². The standard InChI is InChI=1S/C21H24N4O5S2/c1-5-6-9-24-20(27)18-12(2)13(3)32-19(18)23-21(24)31-11-17(26)22-15-8-7-14(25(28)29)10-16(15)30-4/h7-8,10H,5-6,9,11H2,1-4H3,(H,22,26). The first kappa shape index (κ1) is 23.7. The Balaban J connectivity index is 1.83. The molecule has 0 aliphatic carbocycles. The lowest BCUT2D eigenvalue weighted by molar-refractivity contribution is -0.384. The van der Waals surface area contributed by atoms with Gasteiger partial charge in [-0.05, 0) is 31.9 Å². The van der Waals surface area contributed by atoms with Gasteiger partial charge in [0.2, 0.25) is 5.91 Å². The first-order chi connectivity index (χ1) is 15.3. The number of rotatable bonds is 9. The third-order valence-electron chi connectivity index (χ3n) is 4.99. The topological polar surface area (TPSA) is 116 Å². The highest BCUT2D eigenvalue weighted by Crippen LogP contribution is 2.30. The van der Waals surface area contributed by atoms with E-state index in [1.807, 2.05) is 13.8 Å². The van der Waals surface area contributed by atoms with Gasteiger partial charge >= 0.3 is 0 Å². The number of nitro benzene ring substituents is 1. The number of methoxy groups -OCH3 is 1. The number of benzene rings is 1. The summed E-state index contributed by atoms with van der Waals surface area (Å²) in [4.78, 5) is 42.5. The molecule has 11 heteroatoms. The molecule has 3 rings (SSSR count). The monoisotopic (exact) mass is 476 g/mol. The number of hydrogen-bond acceptors (Lipinski definition) is 8. The molecule has 1 amide bonds. The minimum atomic E-state index is -0.532. The van der Waals surface area contributed by atoms with Gasteiger partial charge in [0.05, 0.1) is 34.9 Å². The fourth-order valence-corrected chi connectivity index (χ4v) is 5.04. The van der Waals surface area contributed by atoms with E-state index in [-0.39, 0.29) is 28.7 Å². The van der Waals surface area contributed by atoms with E-state index >= 15 is 0 Å². The molecule has 0 saturated carbocycles. The summed E-state index contributed by atoms with van der Waals surface area (Å²) in [6.07, 6.45) is 1.76. The van der Waals surface area contributed by atoms with Crippen LogP contribution in [0.15, 0.2) is 28.2 Å². The molecule has 0 bridgehead atoms. The van der Waals surface area contributed by atoms with Gasteiger partial charge in [-0.15, -0.1) is 11.3 Å². The fourth-order valence-electron chi connectivity index (χ4n) is 3.15. The number of unbranched alkanes of at least 4 members (excludes halogenated alkanes) is 1. The predicted molar refractivity (Wildman–Crippen MR) is 127 cm³/mol. The zero-order chi connectivity index (χ0) is 23.4. The quantitative estimate of drug-likeness (QED) is 0.209. The van der Waals surface area contributed by atoms with Gasteiger partial charge in [-0.3, -0.25) is 24.3 Å². The number of carbonyl (C=O) groups excluding carboxylic acids is 1. The summed E-state index contributed by atoms with van der Waals surface area (Å²) in [6.45, 7) is 6.48. The number of hydrogen-bond donors (Lipinski definition) is 1. The second-order valence-electron chi connectivity index (χ2n) is 7.15. The largest absolute Gasteiger partial charge is 0.494 e. The molecule has 2 heterocycles. The summed E-state index contributed by atoms with van der Waals surface area (Å²) in [7, 11) is 1.38. The molecular weight excluding hydrogens is 452 g/mol. The molecule has 0 aliphatic rings. The fraction of sp³-hybridized carbons (Fsp3) is 0.381. The number of nitrogens with zero attached hydrogens (tertiary/aromatic N) is 3. The number of thioether (sulfide) groups is 1. The van der Waals surface area contributed by atoms with Crippen LogP contribution in [-0.2, 0) is 11.3 Å². The third kappa shape index (κ3) is 4.94. The summed E-state index contributed by atoms with van der Waals surface area (Å²) in [5.41, 5.74) is 1.07. The maximum atomic E-state index is 13.1. The van der Waals surface area contributed by atoms with Crippen molar-refractivity contribution in [3.05, 3.63) is 49.1 Å². The molecule has 0 aliphatic heterocycles. The Morgan fingerprint density at radius 3 is 2.78 bits per heavy atom. The van der Waals surface area contributed by atoms with E-state index in [2.05, 4.69) is 17.2 Å². The molecule has 1 aromatic carbocycles. The first-order valence-electron chi connectivity index (χ1n) is 10.0. The highest BCUT2D eigenvalue weighted by atomic mass is 32.2. The van der Waals surface area contributed by atoms with Crippen molar-refractivity contribution in [2.45, 2.75) is 45.3 Å². The molecule has 32 heavy (non-hydrogen) atoms. The number of amides is 1. The van der Waals surface area contributed by atoms with E-state index in [1.54, 1.807) is 4.57 Å². The summed E-state index contributed by atoms with van der Waals surface area (Å²) in [5, 5.41) is 14.8. The summed E-state index contributed by atoms with van der Waals surface area (Å²) < 4.78 is 6.81. The van der Waals surface area contributed by atoms with Crippen LogP contribution in [-0.4, -0.2) is 33.2 Å². The van der Waals surface area contributed by atoms with Crippen molar-refractivity contribution in [2.24, 2.45) is 0 Å². The lowest BCUT2D eigenvalue weighted by Gasteiger charge is -2.13. The molecule has 0 radical (unpaired) electrons. The SMILES string of the molecule is CCCCn1c(SCC(=O)Nc2ccc([N+](=O)[O-])cc2OC)nc2sc(C)c(C)c2c1=O. The van der Waals surface area contributed by atoms with Crippen LogP contribution in [0.25, 0.3) is 10.2 Å². The number of carbonyl (C=O) groups is 1. The van der Waals surface area contributed by atoms with Crippen LogP contribution in [0, 0.1) is 24.0 Å². The average Bonchev–Trinajstić information content (AvgIpc) is 3.05. The van der Waals surface area contributed by atoms with Crippen molar-refractivity contribution in [1.29, 1.82) is 0 Å². The summed E-state index contributed by atoms with van der Waals surface area (Å²) in [5.74, 6) is -0.119. The Kier molecular flexibility index (Phi) is 7.52. The Morgan fingerprint density at radius 1 is 1.38 bits per heavy atom. The number of aryl methyl sites for hydroxylation is 2. The summed E-state index contributed by atoms with van der Waals surface area (Å²) >= 11 is 2.66. The van der Waals surface area contributed by atoms with Gasteiger partial charge in [-0.2, -0.15) is 0 Å². The van der Waals surface area contributed by atoms with Crippen LogP contribution >= 0.6 is 23.1 Å². The van der Waals surface area contributed by atoms with E-state index in [0.29, 0.717) is 27.6 Å². The van der Waals surface area contributed by atoms with Crippen molar-refractivity contribution in [3.8, 4) is 5.75 Å². The predicted octanol–water partition coefficient (Wildman–Crippen LogP) is 4.52. The second kappa shape index (κ2) is 10.1. The number of non-ortho nitro benzene ring substituents is 1. The lowest BCUT2D eigenvalue weighted by atomic mass is 10.2. The van der Waals surface area contributed by atoms with Gasteiger partial charge in [0.25, 0.3) is 11.2 Å². The minimum Gasteiger partial charge on any atom is -0.494 e. The maximum absolute atomic E-state index is 13.1. The molecule has 170 valence electrons. The van der Waals surface area contributed by atoms with E-state index in [1.165, 1.54) is 48.4 Å². The minimum absolute atomic E-state index is 0.0214. The van der Waals surface area contributed by atoms with Crippen molar-refractivity contribution in [3.63, 3.8) is 0 Å². The van der Waals surface area contributed by atoms with Crippen molar-refractivity contribution in [2.75, 3.05) is 18.2 Å². The highest BCUT2D eigenvalue weighted by Gasteiger charge is 2.18. The van der Waals surface area contributed by atoms with Gasteiger partial charge in [0.15, 0.2) is 5.16 Å². The second-order valence-corrected chi connectivity index (χ2v) is 9.29. The molecule has 0 fully saturated rings. The van der Waals surface area contributed by atoms with E-state index in [4.69, 9.17) is 4.74 Å². The molecule has 2 aromatic heterocycles. The molecule has 9 nitrogen and oxygen atoms in total. The van der Waals surface area contributed by atoms with Gasteiger partial charge in [0.1, 0.15) is 10.6 Å². The number of ether oxygens (including phenoxy) is 1. The van der Waals surface area contributed by atoms with E-state index in [9.17, 15) is 19.7 Å². The van der Waals surface area contributed by atoms with E-state index < -0.39 is 4.92 Å². The Hall–Kier alpha value is -2.92. The number of anilines is 1. The number of nitro groups is 1. The normalized spacial score (nSPS) is 11.0. The zero-order valence-electron chi connectivity index (χ0n) is 18.3. The van der Waals surface area contributed by atoms with E-state index in [0.717, 1.165) is 23.3 Å². The average molecular weight is 477 g/mol. The Bertz CT molecular complexity index is 1240. The molecule has 0 atom stereocenters. The number of fused-ring (bicyclic) bond motifs is 1. The molecule has 0 saturated heterocycles. The Labute approximate surface area is 193 Å². The van der Waals surface area contributed by atoms with Crippen molar-refractivity contribution >= 4 is 50.6 Å². The van der Waals surface area contributed by atoms with Crippen LogP contribution in [0.1, 0.15) is 30.2 Å². The van der Waals surface area contributed by atoms with Gasteiger partial charge in [-0.1, -0.05) is 25.1 Å². The molecular formula is C21H24N4O5S2. The van der Waals surface area contributed by atoms with Crippen LogP contribution in [0.5, 0.6) is 5.75 Å². The number of aromatic nitrogens is 2. The maximum Gasteiger partial charge on any atom is 0.273 e. The van der Waals surface area contributed by atoms with Crippen molar-refractivity contribution in [1.82, 2.24) is 9.55 Å². The number of thiophene rings is 1. The van der Waals surface area contributed by atoms with Crippen LogP contribution < -0.4 is 15.6 Å². The smallest absolute Gasteiger partial charge is 0.273 e. The van der Waals surface area contributed by atoms with Crippen molar-refractivity contribution < 1.29 is 14.5 Å². The summed E-state index contributed by atoms with van der Waals surface area (Å²) in [6, 6.07) is 3.98. The molecule has 3 aromatic rings. The van der Waals surface area contributed by atoms with Crippen LogP contribution in [0.2, 0.25) is 0 Å². The van der Waals surface area contributed by atoms with Crippen LogP contribution in [0.4, 0.5) is 11.4 Å².